The van der Waals surface area contributed by atoms with Crippen molar-refractivity contribution in [1.29, 1.82) is 0 Å². The molecule has 1 aliphatic heterocycles. The second-order valence-electron chi connectivity index (χ2n) is 5.81. The minimum atomic E-state index is -0.00110. The molecule has 0 spiro atoms. The van der Waals surface area contributed by atoms with Crippen LogP contribution in [0, 0.1) is 5.92 Å². The van der Waals surface area contributed by atoms with Crippen LogP contribution < -0.4 is 5.32 Å². The van der Waals surface area contributed by atoms with E-state index in [0.29, 0.717) is 6.54 Å². The highest BCUT2D eigenvalue weighted by molar-refractivity contribution is 6.30. The van der Waals surface area contributed by atoms with Crippen LogP contribution in [-0.2, 0) is 4.79 Å². The summed E-state index contributed by atoms with van der Waals surface area (Å²) >= 11 is 5.91. The van der Waals surface area contributed by atoms with Crippen LogP contribution in [0.25, 0.3) is 0 Å². The number of hydrogen-bond donors (Lipinski definition) is 1. The molecule has 1 N–H and O–H groups in total. The second kappa shape index (κ2) is 7.09. The summed E-state index contributed by atoms with van der Waals surface area (Å²) in [7, 11) is 0. The topological polar surface area (TPSA) is 32.3 Å². The molecule has 1 atom stereocenters. The summed E-state index contributed by atoms with van der Waals surface area (Å²) in [4.78, 5) is 13.9. The number of hydrogen-bond acceptors (Lipinski definition) is 2. The minimum absolute atomic E-state index is 0.00110. The minimum Gasteiger partial charge on any atom is -0.322 e. The number of nitrogens with zero attached hydrogens (tertiary/aromatic N) is 1. The normalized spacial score (nSPS) is 19.1. The fraction of sp³-hybridized carbons (Fsp3) is 0.562. The number of carbonyl (C=O) groups is 1. The number of amides is 1. The van der Waals surface area contributed by atoms with Crippen LogP contribution in [0.5, 0.6) is 0 Å². The van der Waals surface area contributed by atoms with Gasteiger partial charge in [-0.1, -0.05) is 50.4 Å². The highest BCUT2D eigenvalue weighted by Gasteiger charge is 2.30. The van der Waals surface area contributed by atoms with Crippen LogP contribution in [0.1, 0.15) is 44.8 Å². The second-order valence-corrected chi connectivity index (χ2v) is 6.25. The quantitative estimate of drug-likeness (QED) is 0.813. The Labute approximate surface area is 126 Å². The van der Waals surface area contributed by atoms with E-state index in [-0.39, 0.29) is 12.1 Å². The average molecular weight is 295 g/mol. The van der Waals surface area contributed by atoms with E-state index in [9.17, 15) is 4.79 Å². The highest BCUT2D eigenvalue weighted by Crippen LogP contribution is 2.24. The summed E-state index contributed by atoms with van der Waals surface area (Å²) in [6, 6.07) is 7.72. The first kappa shape index (κ1) is 15.3. The molecule has 1 aromatic carbocycles. The molecular weight excluding hydrogens is 272 g/mol. The van der Waals surface area contributed by atoms with Gasteiger partial charge in [-0.05, 0) is 30.0 Å². The Kier molecular flexibility index (Phi) is 5.44. The van der Waals surface area contributed by atoms with Gasteiger partial charge >= 0.3 is 0 Å². The van der Waals surface area contributed by atoms with Crippen molar-refractivity contribution < 1.29 is 4.79 Å². The molecule has 0 aromatic heterocycles. The SMILES string of the molecule is CC(C)CCCCN1C(=O)CNC1c1ccc(Cl)cc1. The molecule has 1 aromatic rings. The summed E-state index contributed by atoms with van der Waals surface area (Å²) < 4.78 is 0. The van der Waals surface area contributed by atoms with E-state index in [4.69, 9.17) is 11.6 Å². The third-order valence-electron chi connectivity index (χ3n) is 3.69. The highest BCUT2D eigenvalue weighted by atomic mass is 35.5. The molecule has 4 heteroatoms. The monoisotopic (exact) mass is 294 g/mol. The van der Waals surface area contributed by atoms with Gasteiger partial charge in [0.2, 0.25) is 5.91 Å². The standard InChI is InChI=1S/C16H23ClN2O/c1-12(2)5-3-4-10-19-15(20)11-18-16(19)13-6-8-14(17)9-7-13/h6-9,12,16,18H,3-5,10-11H2,1-2H3. The van der Waals surface area contributed by atoms with Crippen LogP contribution >= 0.6 is 11.6 Å². The van der Waals surface area contributed by atoms with Crippen LogP contribution in [-0.4, -0.2) is 23.9 Å². The Balaban J connectivity index is 1.94. The molecule has 1 unspecified atom stereocenters. The van der Waals surface area contributed by atoms with Crippen molar-refractivity contribution in [2.75, 3.05) is 13.1 Å². The smallest absolute Gasteiger partial charge is 0.238 e. The van der Waals surface area contributed by atoms with Crippen LogP contribution in [0.4, 0.5) is 0 Å². The van der Waals surface area contributed by atoms with Crippen molar-refractivity contribution in [3.63, 3.8) is 0 Å². The molecular formula is C16H23ClN2O. The maximum atomic E-state index is 12.0. The zero-order valence-electron chi connectivity index (χ0n) is 12.2. The maximum absolute atomic E-state index is 12.0. The van der Waals surface area contributed by atoms with E-state index in [2.05, 4.69) is 19.2 Å². The molecule has 1 saturated heterocycles. The van der Waals surface area contributed by atoms with E-state index < -0.39 is 0 Å². The summed E-state index contributed by atoms with van der Waals surface area (Å²) in [6.07, 6.45) is 3.46. The molecule has 0 aliphatic carbocycles. The third-order valence-corrected chi connectivity index (χ3v) is 3.95. The van der Waals surface area contributed by atoms with Gasteiger partial charge in [0, 0.05) is 11.6 Å². The first-order valence-electron chi connectivity index (χ1n) is 7.36. The summed E-state index contributed by atoms with van der Waals surface area (Å²) in [5.74, 6) is 0.920. The molecule has 3 nitrogen and oxygen atoms in total. The van der Waals surface area contributed by atoms with Gasteiger partial charge in [0.1, 0.15) is 6.17 Å². The lowest BCUT2D eigenvalue weighted by molar-refractivity contribution is -0.128. The predicted molar refractivity (Wildman–Crippen MR) is 82.6 cm³/mol. The Morgan fingerprint density at radius 3 is 2.65 bits per heavy atom. The number of benzene rings is 1. The molecule has 0 bridgehead atoms. The number of carbonyl (C=O) groups excluding carboxylic acids is 1. The van der Waals surface area contributed by atoms with E-state index in [1.165, 1.54) is 12.8 Å². The fourth-order valence-electron chi connectivity index (χ4n) is 2.57. The molecule has 110 valence electrons. The fourth-order valence-corrected chi connectivity index (χ4v) is 2.70. The van der Waals surface area contributed by atoms with Gasteiger partial charge in [0.25, 0.3) is 0 Å². The molecule has 20 heavy (non-hydrogen) atoms. The van der Waals surface area contributed by atoms with Gasteiger partial charge < -0.3 is 4.90 Å². The molecule has 0 saturated carbocycles. The summed E-state index contributed by atoms with van der Waals surface area (Å²) in [5, 5.41) is 4.00. The Hall–Kier alpha value is -1.06. The van der Waals surface area contributed by atoms with E-state index in [0.717, 1.165) is 29.5 Å². The lowest BCUT2D eigenvalue weighted by Gasteiger charge is -2.25. The van der Waals surface area contributed by atoms with Crippen molar-refractivity contribution in [3.05, 3.63) is 34.9 Å². The van der Waals surface area contributed by atoms with Crippen molar-refractivity contribution in [2.24, 2.45) is 5.92 Å². The molecule has 2 rings (SSSR count). The third kappa shape index (κ3) is 3.97. The number of nitrogens with one attached hydrogen (secondary N) is 1. The lowest BCUT2D eigenvalue weighted by Crippen LogP contribution is -2.31. The Morgan fingerprint density at radius 2 is 2.00 bits per heavy atom. The number of unbranched alkanes of at least 4 members (excludes halogenated alkanes) is 1. The van der Waals surface area contributed by atoms with E-state index in [1.54, 1.807) is 0 Å². The van der Waals surface area contributed by atoms with Gasteiger partial charge in [-0.25, -0.2) is 0 Å². The van der Waals surface area contributed by atoms with Crippen molar-refractivity contribution in [1.82, 2.24) is 10.2 Å². The predicted octanol–water partition coefficient (Wildman–Crippen LogP) is 3.60. The van der Waals surface area contributed by atoms with Gasteiger partial charge in [-0.15, -0.1) is 0 Å². The van der Waals surface area contributed by atoms with Gasteiger partial charge in [0.05, 0.1) is 6.54 Å². The number of halogens is 1. The molecule has 1 heterocycles. The molecule has 0 radical (unpaired) electrons. The number of rotatable bonds is 6. The maximum Gasteiger partial charge on any atom is 0.238 e. The van der Waals surface area contributed by atoms with Crippen molar-refractivity contribution >= 4 is 17.5 Å². The molecule has 1 aliphatic rings. The largest absolute Gasteiger partial charge is 0.322 e. The zero-order chi connectivity index (χ0) is 14.5. The van der Waals surface area contributed by atoms with E-state index in [1.807, 2.05) is 29.2 Å². The van der Waals surface area contributed by atoms with Crippen molar-refractivity contribution in [3.8, 4) is 0 Å². The summed E-state index contributed by atoms with van der Waals surface area (Å²) in [6.45, 7) is 5.72. The van der Waals surface area contributed by atoms with E-state index >= 15 is 0 Å². The molecule has 1 amide bonds. The zero-order valence-corrected chi connectivity index (χ0v) is 13.0. The van der Waals surface area contributed by atoms with Gasteiger partial charge in [-0.3, -0.25) is 10.1 Å². The first-order chi connectivity index (χ1) is 9.58. The van der Waals surface area contributed by atoms with Gasteiger partial charge in [-0.2, -0.15) is 0 Å². The Bertz CT molecular complexity index is 444. The first-order valence-corrected chi connectivity index (χ1v) is 7.74. The van der Waals surface area contributed by atoms with Crippen molar-refractivity contribution in [2.45, 2.75) is 39.3 Å². The summed E-state index contributed by atoms with van der Waals surface area (Å²) in [5.41, 5.74) is 1.10. The van der Waals surface area contributed by atoms with Crippen LogP contribution in [0.3, 0.4) is 0 Å². The molecule has 1 fully saturated rings. The van der Waals surface area contributed by atoms with Gasteiger partial charge in [0.15, 0.2) is 0 Å². The van der Waals surface area contributed by atoms with Crippen LogP contribution in [0.15, 0.2) is 24.3 Å². The van der Waals surface area contributed by atoms with Crippen LogP contribution in [0.2, 0.25) is 5.02 Å². The lowest BCUT2D eigenvalue weighted by atomic mass is 10.1. The average Bonchev–Trinajstić information content (AvgIpc) is 2.77. The Morgan fingerprint density at radius 1 is 1.30 bits per heavy atom.